The van der Waals surface area contributed by atoms with Gasteiger partial charge in [0.05, 0.1) is 0 Å². The molecule has 0 aromatic heterocycles. The van der Waals surface area contributed by atoms with Gasteiger partial charge in [0, 0.05) is 19.2 Å². The van der Waals surface area contributed by atoms with Gasteiger partial charge in [-0.1, -0.05) is 32.6 Å². The molecule has 1 aliphatic rings. The SMILES string of the molecule is CCCCCCC(C)NCC1(CCO)CC1. The highest BCUT2D eigenvalue weighted by atomic mass is 16.3. The third-order valence-electron chi connectivity index (χ3n) is 3.92. The van der Waals surface area contributed by atoms with Crippen molar-refractivity contribution in [1.29, 1.82) is 0 Å². The van der Waals surface area contributed by atoms with E-state index in [0.717, 1.165) is 13.0 Å². The number of aliphatic hydroxyl groups is 1. The summed E-state index contributed by atoms with van der Waals surface area (Å²) in [4.78, 5) is 0. The molecule has 0 heterocycles. The zero-order valence-corrected chi connectivity index (χ0v) is 11.1. The standard InChI is InChI=1S/C14H29NO/c1-3-4-5-6-7-13(2)15-12-14(8-9-14)10-11-16/h13,15-16H,3-12H2,1-2H3. The van der Waals surface area contributed by atoms with Gasteiger partial charge >= 0.3 is 0 Å². The number of nitrogens with one attached hydrogen (secondary N) is 1. The molecule has 1 rings (SSSR count). The first-order chi connectivity index (χ1) is 7.72. The first kappa shape index (κ1) is 14.0. The molecule has 0 saturated heterocycles. The largest absolute Gasteiger partial charge is 0.396 e. The quantitative estimate of drug-likeness (QED) is 0.562. The molecule has 16 heavy (non-hydrogen) atoms. The Morgan fingerprint density at radius 3 is 2.56 bits per heavy atom. The summed E-state index contributed by atoms with van der Waals surface area (Å²) in [5, 5.41) is 12.6. The first-order valence-electron chi connectivity index (χ1n) is 7.07. The van der Waals surface area contributed by atoms with Crippen LogP contribution in [0.4, 0.5) is 0 Å². The van der Waals surface area contributed by atoms with Gasteiger partial charge in [-0.05, 0) is 38.0 Å². The average molecular weight is 227 g/mol. The zero-order chi connectivity index (χ0) is 11.9. The minimum Gasteiger partial charge on any atom is -0.396 e. The predicted molar refractivity (Wildman–Crippen MR) is 69.6 cm³/mol. The molecule has 0 amide bonds. The van der Waals surface area contributed by atoms with E-state index in [1.165, 1.54) is 44.9 Å². The molecule has 0 bridgehead atoms. The molecule has 0 aromatic rings. The Bertz CT molecular complexity index is 178. The second-order valence-electron chi connectivity index (χ2n) is 5.60. The third kappa shape index (κ3) is 5.31. The molecule has 2 nitrogen and oxygen atoms in total. The van der Waals surface area contributed by atoms with Crippen LogP contribution in [0, 0.1) is 5.41 Å². The van der Waals surface area contributed by atoms with Crippen molar-refractivity contribution in [1.82, 2.24) is 5.32 Å². The normalized spacial score (nSPS) is 19.7. The molecule has 0 aromatic carbocycles. The van der Waals surface area contributed by atoms with E-state index in [9.17, 15) is 0 Å². The Morgan fingerprint density at radius 2 is 2.00 bits per heavy atom. The molecule has 0 radical (unpaired) electrons. The van der Waals surface area contributed by atoms with Gasteiger partial charge in [0.2, 0.25) is 0 Å². The lowest BCUT2D eigenvalue weighted by Crippen LogP contribution is -2.32. The second kappa shape index (κ2) is 7.29. The Balaban J connectivity index is 1.99. The summed E-state index contributed by atoms with van der Waals surface area (Å²) < 4.78 is 0. The lowest BCUT2D eigenvalue weighted by atomic mass is 10.0. The predicted octanol–water partition coefficient (Wildman–Crippen LogP) is 3.10. The minimum atomic E-state index is 0.354. The number of hydrogen-bond donors (Lipinski definition) is 2. The highest BCUT2D eigenvalue weighted by Gasteiger charge is 2.41. The van der Waals surface area contributed by atoms with Crippen LogP contribution in [0.25, 0.3) is 0 Å². The smallest absolute Gasteiger partial charge is 0.0436 e. The molecular weight excluding hydrogens is 198 g/mol. The van der Waals surface area contributed by atoms with Gasteiger partial charge in [-0.3, -0.25) is 0 Å². The summed E-state index contributed by atoms with van der Waals surface area (Å²) in [6.07, 6.45) is 10.3. The van der Waals surface area contributed by atoms with Crippen LogP contribution in [-0.2, 0) is 0 Å². The van der Waals surface area contributed by atoms with Crippen molar-refractivity contribution < 1.29 is 5.11 Å². The van der Waals surface area contributed by atoms with E-state index >= 15 is 0 Å². The van der Waals surface area contributed by atoms with Crippen LogP contribution in [0.3, 0.4) is 0 Å². The Kier molecular flexibility index (Phi) is 6.37. The fourth-order valence-electron chi connectivity index (χ4n) is 2.30. The van der Waals surface area contributed by atoms with E-state index < -0.39 is 0 Å². The van der Waals surface area contributed by atoms with Gasteiger partial charge in [0.1, 0.15) is 0 Å². The van der Waals surface area contributed by atoms with E-state index in [1.54, 1.807) is 0 Å². The van der Waals surface area contributed by atoms with Gasteiger partial charge < -0.3 is 10.4 Å². The van der Waals surface area contributed by atoms with Crippen molar-refractivity contribution in [2.75, 3.05) is 13.2 Å². The summed E-state index contributed by atoms with van der Waals surface area (Å²) in [5.41, 5.74) is 0.465. The van der Waals surface area contributed by atoms with Gasteiger partial charge in [0.25, 0.3) is 0 Å². The van der Waals surface area contributed by atoms with Gasteiger partial charge in [-0.2, -0.15) is 0 Å². The van der Waals surface area contributed by atoms with Crippen molar-refractivity contribution in [3.05, 3.63) is 0 Å². The van der Waals surface area contributed by atoms with Crippen molar-refractivity contribution in [2.24, 2.45) is 5.41 Å². The fraction of sp³-hybridized carbons (Fsp3) is 1.00. The number of aliphatic hydroxyl groups excluding tert-OH is 1. The fourth-order valence-corrected chi connectivity index (χ4v) is 2.30. The molecule has 2 heteroatoms. The van der Waals surface area contributed by atoms with Crippen LogP contribution < -0.4 is 5.32 Å². The minimum absolute atomic E-state index is 0.354. The molecule has 1 atom stereocenters. The van der Waals surface area contributed by atoms with Gasteiger partial charge in [0.15, 0.2) is 0 Å². The van der Waals surface area contributed by atoms with Crippen molar-refractivity contribution in [2.45, 2.75) is 71.3 Å². The van der Waals surface area contributed by atoms with Gasteiger partial charge in [-0.15, -0.1) is 0 Å². The zero-order valence-electron chi connectivity index (χ0n) is 11.1. The summed E-state index contributed by atoms with van der Waals surface area (Å²) in [6, 6.07) is 0.646. The van der Waals surface area contributed by atoms with Gasteiger partial charge in [-0.25, -0.2) is 0 Å². The van der Waals surface area contributed by atoms with E-state index in [4.69, 9.17) is 5.11 Å². The highest BCUT2D eigenvalue weighted by molar-refractivity contribution is 4.94. The second-order valence-corrected chi connectivity index (χ2v) is 5.60. The molecule has 1 fully saturated rings. The maximum atomic E-state index is 8.98. The summed E-state index contributed by atoms with van der Waals surface area (Å²) in [6.45, 7) is 6.02. The molecule has 1 aliphatic carbocycles. The van der Waals surface area contributed by atoms with E-state index in [2.05, 4.69) is 19.2 Å². The lowest BCUT2D eigenvalue weighted by molar-refractivity contribution is 0.242. The number of hydrogen-bond acceptors (Lipinski definition) is 2. The van der Waals surface area contributed by atoms with Crippen LogP contribution in [-0.4, -0.2) is 24.3 Å². The molecule has 96 valence electrons. The summed E-state index contributed by atoms with van der Waals surface area (Å²) in [5.74, 6) is 0. The van der Waals surface area contributed by atoms with Crippen LogP contribution in [0.1, 0.15) is 65.2 Å². The van der Waals surface area contributed by atoms with Crippen molar-refractivity contribution in [3.63, 3.8) is 0 Å². The van der Waals surface area contributed by atoms with E-state index in [-0.39, 0.29) is 0 Å². The first-order valence-corrected chi connectivity index (χ1v) is 7.07. The van der Waals surface area contributed by atoms with Crippen LogP contribution in [0.2, 0.25) is 0 Å². The molecule has 0 spiro atoms. The summed E-state index contributed by atoms with van der Waals surface area (Å²) in [7, 11) is 0. The monoisotopic (exact) mass is 227 g/mol. The lowest BCUT2D eigenvalue weighted by Gasteiger charge is -2.19. The maximum Gasteiger partial charge on any atom is 0.0436 e. The van der Waals surface area contributed by atoms with Crippen LogP contribution in [0.5, 0.6) is 0 Å². The molecule has 1 saturated carbocycles. The maximum absolute atomic E-state index is 8.98. The highest BCUT2D eigenvalue weighted by Crippen LogP contribution is 2.47. The molecular formula is C14H29NO. The average Bonchev–Trinajstić information content (AvgIpc) is 3.03. The molecule has 0 aliphatic heterocycles. The Labute approximate surface area is 101 Å². The topological polar surface area (TPSA) is 32.3 Å². The Morgan fingerprint density at radius 1 is 1.25 bits per heavy atom. The third-order valence-corrected chi connectivity index (χ3v) is 3.92. The van der Waals surface area contributed by atoms with Crippen LogP contribution in [0.15, 0.2) is 0 Å². The number of rotatable bonds is 10. The number of unbranched alkanes of at least 4 members (excludes halogenated alkanes) is 3. The van der Waals surface area contributed by atoms with E-state index in [0.29, 0.717) is 18.1 Å². The Hall–Kier alpha value is -0.0800. The van der Waals surface area contributed by atoms with Crippen molar-refractivity contribution >= 4 is 0 Å². The molecule has 1 unspecified atom stereocenters. The van der Waals surface area contributed by atoms with Crippen molar-refractivity contribution in [3.8, 4) is 0 Å². The summed E-state index contributed by atoms with van der Waals surface area (Å²) >= 11 is 0. The molecule has 2 N–H and O–H groups in total. The van der Waals surface area contributed by atoms with Crippen LogP contribution >= 0.6 is 0 Å². The van der Waals surface area contributed by atoms with E-state index in [1.807, 2.05) is 0 Å².